The van der Waals surface area contributed by atoms with Crippen LogP contribution in [0.25, 0.3) is 0 Å². The summed E-state index contributed by atoms with van der Waals surface area (Å²) in [6.45, 7) is 2.62. The van der Waals surface area contributed by atoms with Crippen molar-refractivity contribution >= 4 is 5.91 Å². The third kappa shape index (κ3) is 3.40. The second-order valence-electron chi connectivity index (χ2n) is 4.55. The Hall–Kier alpha value is -2.17. The molecule has 0 unspecified atom stereocenters. The number of rotatable bonds is 5. The number of hydrogen-bond acceptors (Lipinski definition) is 3. The molecule has 0 saturated heterocycles. The topological polar surface area (TPSA) is 61.9 Å². The Morgan fingerprint density at radius 3 is 3.00 bits per heavy atom. The number of nitrogens with one attached hydrogen (secondary N) is 1. The second kappa shape index (κ2) is 6.13. The average molecular weight is 258 g/mol. The summed E-state index contributed by atoms with van der Waals surface area (Å²) >= 11 is 0. The van der Waals surface area contributed by atoms with Crippen molar-refractivity contribution in [3.63, 3.8) is 0 Å². The second-order valence-corrected chi connectivity index (χ2v) is 4.55. The van der Waals surface area contributed by atoms with Crippen molar-refractivity contribution in [2.24, 2.45) is 0 Å². The molecule has 0 bridgehead atoms. The first-order valence-corrected chi connectivity index (χ1v) is 6.39. The van der Waals surface area contributed by atoms with Crippen LogP contribution in [0.5, 0.6) is 0 Å². The van der Waals surface area contributed by atoms with E-state index in [1.54, 1.807) is 24.3 Å². The minimum Gasteiger partial charge on any atom is -0.336 e. The first kappa shape index (κ1) is 13.3. The number of nitrogens with zero attached hydrogens (tertiary/aromatic N) is 3. The van der Waals surface area contributed by atoms with Crippen molar-refractivity contribution in [1.82, 2.24) is 20.1 Å². The quantitative estimate of drug-likeness (QED) is 0.892. The zero-order chi connectivity index (χ0) is 13.7. The molecule has 0 radical (unpaired) electrons. The number of hydrogen-bond donors (Lipinski definition) is 1. The van der Waals surface area contributed by atoms with Crippen molar-refractivity contribution < 1.29 is 4.79 Å². The zero-order valence-corrected chi connectivity index (χ0v) is 11.3. The summed E-state index contributed by atoms with van der Waals surface area (Å²) in [6.07, 6.45) is 5.42. The van der Waals surface area contributed by atoms with Gasteiger partial charge in [-0.05, 0) is 24.1 Å². The molecule has 0 spiro atoms. The van der Waals surface area contributed by atoms with Crippen LogP contribution in [0.15, 0.2) is 30.6 Å². The van der Waals surface area contributed by atoms with Crippen LogP contribution in [0.3, 0.4) is 0 Å². The lowest BCUT2D eigenvalue weighted by Gasteiger charge is -2.15. The molecule has 2 heterocycles. The minimum atomic E-state index is -0.0811. The van der Waals surface area contributed by atoms with Crippen LogP contribution in [0.1, 0.15) is 35.1 Å². The molecule has 0 aliphatic carbocycles. The van der Waals surface area contributed by atoms with Crippen LogP contribution in [0, 0.1) is 0 Å². The highest BCUT2D eigenvalue weighted by molar-refractivity contribution is 5.92. The number of carbonyl (C=O) groups is 1. The Bertz CT molecular complexity index is 535. The highest BCUT2D eigenvalue weighted by atomic mass is 16.2. The molecule has 1 amide bonds. The van der Waals surface area contributed by atoms with Gasteiger partial charge in [0.25, 0.3) is 5.91 Å². The maximum absolute atomic E-state index is 12.2. The van der Waals surface area contributed by atoms with Crippen molar-refractivity contribution in [2.45, 2.75) is 26.3 Å². The summed E-state index contributed by atoms with van der Waals surface area (Å²) in [5.41, 5.74) is 2.47. The Labute approximate surface area is 112 Å². The van der Waals surface area contributed by atoms with Gasteiger partial charge in [0, 0.05) is 31.7 Å². The van der Waals surface area contributed by atoms with Gasteiger partial charge in [0.05, 0.1) is 0 Å². The number of aryl methyl sites for hydroxylation is 1. The third-order valence-corrected chi connectivity index (χ3v) is 2.86. The normalized spacial score (nSPS) is 10.4. The summed E-state index contributed by atoms with van der Waals surface area (Å²) in [5.74, 6) is -0.0811. The van der Waals surface area contributed by atoms with E-state index in [1.807, 2.05) is 18.2 Å². The maximum atomic E-state index is 12.2. The number of aromatic nitrogens is 3. The molecule has 19 heavy (non-hydrogen) atoms. The van der Waals surface area contributed by atoms with Gasteiger partial charge in [0.2, 0.25) is 0 Å². The molecule has 0 aromatic carbocycles. The predicted octanol–water partition coefficient (Wildman–Crippen LogP) is 2.03. The standard InChI is InChI=1S/C14H18N4O/c1-3-5-12-8-13(17-16-12)14(19)18(2)10-11-6-4-7-15-9-11/h4,6-9H,3,5,10H2,1-2H3,(H,16,17). The van der Waals surface area contributed by atoms with Gasteiger partial charge in [-0.2, -0.15) is 5.10 Å². The molecule has 0 aliphatic heterocycles. The van der Waals surface area contributed by atoms with Crippen LogP contribution >= 0.6 is 0 Å². The summed E-state index contributed by atoms with van der Waals surface area (Å²) in [4.78, 5) is 17.9. The average Bonchev–Trinajstić information content (AvgIpc) is 2.88. The number of aromatic amines is 1. The molecule has 0 saturated carbocycles. The van der Waals surface area contributed by atoms with E-state index < -0.39 is 0 Å². The molecule has 0 atom stereocenters. The first-order chi connectivity index (χ1) is 9.20. The van der Waals surface area contributed by atoms with Gasteiger partial charge < -0.3 is 4.90 Å². The van der Waals surface area contributed by atoms with Crippen LogP contribution in [-0.4, -0.2) is 33.0 Å². The Balaban J connectivity index is 2.02. The van der Waals surface area contributed by atoms with E-state index in [-0.39, 0.29) is 5.91 Å². The van der Waals surface area contributed by atoms with Crippen LogP contribution in [-0.2, 0) is 13.0 Å². The summed E-state index contributed by atoms with van der Waals surface area (Å²) in [7, 11) is 1.77. The summed E-state index contributed by atoms with van der Waals surface area (Å²) in [5, 5.41) is 6.96. The molecule has 1 N–H and O–H groups in total. The molecule has 0 aliphatic rings. The Morgan fingerprint density at radius 1 is 1.47 bits per heavy atom. The van der Waals surface area contributed by atoms with Gasteiger partial charge in [-0.3, -0.25) is 14.9 Å². The zero-order valence-electron chi connectivity index (χ0n) is 11.3. The van der Waals surface area contributed by atoms with E-state index in [1.165, 1.54) is 0 Å². The number of amides is 1. The molecule has 2 aromatic heterocycles. The molecule has 2 aromatic rings. The lowest BCUT2D eigenvalue weighted by molar-refractivity contribution is 0.0779. The minimum absolute atomic E-state index is 0.0811. The van der Waals surface area contributed by atoms with Gasteiger partial charge in [-0.25, -0.2) is 0 Å². The third-order valence-electron chi connectivity index (χ3n) is 2.86. The predicted molar refractivity (Wildman–Crippen MR) is 72.6 cm³/mol. The van der Waals surface area contributed by atoms with E-state index >= 15 is 0 Å². The van der Waals surface area contributed by atoms with Gasteiger partial charge in [-0.15, -0.1) is 0 Å². The molecule has 100 valence electrons. The van der Waals surface area contributed by atoms with Crippen molar-refractivity contribution in [1.29, 1.82) is 0 Å². The fourth-order valence-corrected chi connectivity index (χ4v) is 1.90. The molecule has 0 fully saturated rings. The van der Waals surface area contributed by atoms with Crippen molar-refractivity contribution in [3.8, 4) is 0 Å². The van der Waals surface area contributed by atoms with Gasteiger partial charge in [-0.1, -0.05) is 19.4 Å². The van der Waals surface area contributed by atoms with Crippen molar-refractivity contribution in [3.05, 3.63) is 47.5 Å². The van der Waals surface area contributed by atoms with Crippen LogP contribution in [0.4, 0.5) is 0 Å². The van der Waals surface area contributed by atoms with E-state index in [2.05, 4.69) is 22.1 Å². The SMILES string of the molecule is CCCc1cc(C(=O)N(C)Cc2cccnc2)n[nH]1. The number of H-pyrrole nitrogens is 1. The lowest BCUT2D eigenvalue weighted by Crippen LogP contribution is -2.26. The molecule has 5 nitrogen and oxygen atoms in total. The van der Waals surface area contributed by atoms with Gasteiger partial charge in [0.1, 0.15) is 5.69 Å². The molecular formula is C14H18N4O. The summed E-state index contributed by atoms with van der Waals surface area (Å²) < 4.78 is 0. The molecular weight excluding hydrogens is 240 g/mol. The number of pyridine rings is 1. The largest absolute Gasteiger partial charge is 0.336 e. The Morgan fingerprint density at radius 2 is 2.32 bits per heavy atom. The van der Waals surface area contributed by atoms with Crippen LogP contribution in [0.2, 0.25) is 0 Å². The van der Waals surface area contributed by atoms with E-state index in [9.17, 15) is 4.79 Å². The fourth-order valence-electron chi connectivity index (χ4n) is 1.90. The van der Waals surface area contributed by atoms with Gasteiger partial charge >= 0.3 is 0 Å². The number of carbonyl (C=O) groups excluding carboxylic acids is 1. The van der Waals surface area contributed by atoms with E-state index in [4.69, 9.17) is 0 Å². The highest BCUT2D eigenvalue weighted by Gasteiger charge is 2.15. The molecule has 5 heteroatoms. The summed E-state index contributed by atoms with van der Waals surface area (Å²) in [6, 6.07) is 5.64. The first-order valence-electron chi connectivity index (χ1n) is 6.39. The molecule has 2 rings (SSSR count). The highest BCUT2D eigenvalue weighted by Crippen LogP contribution is 2.08. The lowest BCUT2D eigenvalue weighted by atomic mass is 10.2. The van der Waals surface area contributed by atoms with Crippen LogP contribution < -0.4 is 0 Å². The van der Waals surface area contributed by atoms with Crippen molar-refractivity contribution in [2.75, 3.05) is 7.05 Å². The maximum Gasteiger partial charge on any atom is 0.274 e. The fraction of sp³-hybridized carbons (Fsp3) is 0.357. The van der Waals surface area contributed by atoms with E-state index in [0.717, 1.165) is 24.1 Å². The van der Waals surface area contributed by atoms with E-state index in [0.29, 0.717) is 12.2 Å². The van der Waals surface area contributed by atoms with Gasteiger partial charge in [0.15, 0.2) is 0 Å². The monoisotopic (exact) mass is 258 g/mol. The Kier molecular flexibility index (Phi) is 4.28. The smallest absolute Gasteiger partial charge is 0.274 e.